The Kier molecular flexibility index (Phi) is 4.77. The van der Waals surface area contributed by atoms with Gasteiger partial charge in [-0.25, -0.2) is 4.79 Å². The van der Waals surface area contributed by atoms with E-state index in [0.29, 0.717) is 18.1 Å². The Labute approximate surface area is 96.9 Å². The molecule has 0 unspecified atom stereocenters. The third-order valence-corrected chi connectivity index (χ3v) is 2.05. The average Bonchev–Trinajstić information content (AvgIpc) is 2.27. The molecule has 0 heterocycles. The van der Waals surface area contributed by atoms with Crippen LogP contribution in [0.1, 0.15) is 26.3 Å². The Morgan fingerprint density at radius 2 is 1.94 bits per heavy atom. The van der Waals surface area contributed by atoms with Gasteiger partial charge in [-0.3, -0.25) is 0 Å². The van der Waals surface area contributed by atoms with Gasteiger partial charge in [-0.1, -0.05) is 44.2 Å². The van der Waals surface area contributed by atoms with Crippen LogP contribution in [0, 0.1) is 5.92 Å². The van der Waals surface area contributed by atoms with Gasteiger partial charge < -0.3 is 4.74 Å². The van der Waals surface area contributed by atoms with Crippen molar-refractivity contribution in [2.45, 2.75) is 20.8 Å². The Hall–Kier alpha value is -1.57. The molecule has 0 fully saturated rings. The highest BCUT2D eigenvalue weighted by Crippen LogP contribution is 2.08. The molecule has 0 aliphatic carbocycles. The van der Waals surface area contributed by atoms with Crippen LogP contribution in [-0.2, 0) is 9.53 Å². The van der Waals surface area contributed by atoms with Crippen LogP contribution in [0.5, 0.6) is 0 Å². The Morgan fingerprint density at radius 3 is 2.50 bits per heavy atom. The normalized spacial score (nSPS) is 11.6. The first kappa shape index (κ1) is 12.5. The number of hydrogen-bond donors (Lipinski definition) is 0. The first-order valence-corrected chi connectivity index (χ1v) is 5.50. The van der Waals surface area contributed by atoms with Crippen LogP contribution in [0.4, 0.5) is 0 Å². The lowest BCUT2D eigenvalue weighted by Gasteiger charge is -2.07. The SMILES string of the molecule is CC(=Cc1ccccc1)C(=O)OCC(C)C. The smallest absolute Gasteiger partial charge is 0.333 e. The van der Waals surface area contributed by atoms with E-state index in [2.05, 4.69) is 0 Å². The Bertz CT molecular complexity index is 364. The van der Waals surface area contributed by atoms with Gasteiger partial charge in [0.05, 0.1) is 6.61 Å². The topological polar surface area (TPSA) is 26.3 Å². The fourth-order valence-electron chi connectivity index (χ4n) is 1.21. The molecule has 16 heavy (non-hydrogen) atoms. The van der Waals surface area contributed by atoms with Gasteiger partial charge in [0.2, 0.25) is 0 Å². The summed E-state index contributed by atoms with van der Waals surface area (Å²) in [6.07, 6.45) is 1.84. The molecule has 0 aromatic heterocycles. The summed E-state index contributed by atoms with van der Waals surface area (Å²) in [4.78, 5) is 11.6. The minimum atomic E-state index is -0.238. The molecule has 1 aromatic rings. The van der Waals surface area contributed by atoms with E-state index in [1.54, 1.807) is 6.92 Å². The van der Waals surface area contributed by atoms with Crippen LogP contribution in [0.25, 0.3) is 6.08 Å². The first-order chi connectivity index (χ1) is 7.59. The molecule has 0 saturated heterocycles. The molecule has 0 N–H and O–H groups in total. The number of carbonyl (C=O) groups excluding carboxylic acids is 1. The van der Waals surface area contributed by atoms with E-state index in [4.69, 9.17) is 4.74 Å². The van der Waals surface area contributed by atoms with Gasteiger partial charge >= 0.3 is 5.97 Å². The zero-order valence-corrected chi connectivity index (χ0v) is 10.1. The number of esters is 1. The van der Waals surface area contributed by atoms with Crippen LogP contribution >= 0.6 is 0 Å². The number of carbonyl (C=O) groups is 1. The van der Waals surface area contributed by atoms with Crippen molar-refractivity contribution < 1.29 is 9.53 Å². The average molecular weight is 218 g/mol. The highest BCUT2D eigenvalue weighted by atomic mass is 16.5. The highest BCUT2D eigenvalue weighted by Gasteiger charge is 2.06. The van der Waals surface area contributed by atoms with Crippen LogP contribution in [0.2, 0.25) is 0 Å². The van der Waals surface area contributed by atoms with E-state index < -0.39 is 0 Å². The molecule has 86 valence electrons. The lowest BCUT2D eigenvalue weighted by atomic mass is 10.1. The summed E-state index contributed by atoms with van der Waals surface area (Å²) >= 11 is 0. The van der Waals surface area contributed by atoms with Crippen LogP contribution in [-0.4, -0.2) is 12.6 Å². The summed E-state index contributed by atoms with van der Waals surface area (Å²) < 4.78 is 5.13. The molecule has 0 aliphatic heterocycles. The van der Waals surface area contributed by atoms with E-state index in [1.165, 1.54) is 0 Å². The van der Waals surface area contributed by atoms with Gasteiger partial charge in [0, 0.05) is 5.57 Å². The van der Waals surface area contributed by atoms with Gasteiger partial charge in [-0.15, -0.1) is 0 Å². The third-order valence-electron chi connectivity index (χ3n) is 2.05. The van der Waals surface area contributed by atoms with E-state index in [9.17, 15) is 4.79 Å². The van der Waals surface area contributed by atoms with E-state index in [-0.39, 0.29) is 5.97 Å². The van der Waals surface area contributed by atoms with Gasteiger partial charge in [-0.2, -0.15) is 0 Å². The number of benzene rings is 1. The molecular weight excluding hydrogens is 200 g/mol. The van der Waals surface area contributed by atoms with Crippen molar-refractivity contribution in [2.24, 2.45) is 5.92 Å². The summed E-state index contributed by atoms with van der Waals surface area (Å²) in [5.74, 6) is 0.131. The standard InChI is InChI=1S/C14H18O2/c1-11(2)10-16-14(15)12(3)9-13-7-5-4-6-8-13/h4-9,11H,10H2,1-3H3. The zero-order chi connectivity index (χ0) is 12.0. The van der Waals surface area contributed by atoms with Crippen molar-refractivity contribution in [3.05, 3.63) is 41.5 Å². The second kappa shape index (κ2) is 6.11. The predicted molar refractivity (Wildman–Crippen MR) is 65.9 cm³/mol. The second-order valence-corrected chi connectivity index (χ2v) is 4.23. The molecule has 1 rings (SSSR count). The number of hydrogen-bond acceptors (Lipinski definition) is 2. The molecule has 1 aromatic carbocycles. The van der Waals surface area contributed by atoms with Gasteiger partial charge in [0.1, 0.15) is 0 Å². The molecule has 0 aliphatic rings. The maximum Gasteiger partial charge on any atom is 0.333 e. The number of ether oxygens (including phenoxy) is 1. The van der Waals surface area contributed by atoms with Crippen LogP contribution < -0.4 is 0 Å². The molecule has 0 atom stereocenters. The summed E-state index contributed by atoms with van der Waals surface area (Å²) in [6.45, 7) is 6.28. The summed E-state index contributed by atoms with van der Waals surface area (Å²) in [6, 6.07) is 9.75. The maximum absolute atomic E-state index is 11.6. The quantitative estimate of drug-likeness (QED) is 0.572. The van der Waals surface area contributed by atoms with Crippen LogP contribution in [0.15, 0.2) is 35.9 Å². The van der Waals surface area contributed by atoms with Gasteiger partial charge in [0.25, 0.3) is 0 Å². The van der Waals surface area contributed by atoms with E-state index in [0.717, 1.165) is 5.56 Å². The molecule has 0 amide bonds. The summed E-state index contributed by atoms with van der Waals surface area (Å²) in [5.41, 5.74) is 1.65. The first-order valence-electron chi connectivity index (χ1n) is 5.50. The van der Waals surface area contributed by atoms with Crippen LogP contribution in [0.3, 0.4) is 0 Å². The molecule has 0 bridgehead atoms. The van der Waals surface area contributed by atoms with Gasteiger partial charge in [0.15, 0.2) is 0 Å². The predicted octanol–water partition coefficient (Wildman–Crippen LogP) is 3.29. The third kappa shape index (κ3) is 4.30. The summed E-state index contributed by atoms with van der Waals surface area (Å²) in [7, 11) is 0. The van der Waals surface area contributed by atoms with Crippen molar-refractivity contribution in [3.8, 4) is 0 Å². The minimum Gasteiger partial charge on any atom is -0.462 e. The van der Waals surface area contributed by atoms with Crippen molar-refractivity contribution in [2.75, 3.05) is 6.61 Å². The fraction of sp³-hybridized carbons (Fsp3) is 0.357. The van der Waals surface area contributed by atoms with Crippen molar-refractivity contribution in [1.29, 1.82) is 0 Å². The second-order valence-electron chi connectivity index (χ2n) is 4.23. The monoisotopic (exact) mass is 218 g/mol. The van der Waals surface area contributed by atoms with Crippen molar-refractivity contribution >= 4 is 12.0 Å². The zero-order valence-electron chi connectivity index (χ0n) is 10.1. The fourth-order valence-corrected chi connectivity index (χ4v) is 1.21. The summed E-state index contributed by atoms with van der Waals surface area (Å²) in [5, 5.41) is 0. The van der Waals surface area contributed by atoms with Crippen molar-refractivity contribution in [1.82, 2.24) is 0 Å². The number of rotatable bonds is 4. The lowest BCUT2D eigenvalue weighted by molar-refractivity contribution is -0.139. The molecule has 0 saturated carbocycles. The highest BCUT2D eigenvalue weighted by molar-refractivity contribution is 5.92. The van der Waals surface area contributed by atoms with Gasteiger partial charge in [-0.05, 0) is 24.5 Å². The maximum atomic E-state index is 11.6. The van der Waals surface area contributed by atoms with E-state index in [1.807, 2.05) is 50.3 Å². The molecular formula is C14H18O2. The minimum absolute atomic E-state index is 0.238. The Morgan fingerprint density at radius 1 is 1.31 bits per heavy atom. The Balaban J connectivity index is 2.60. The largest absolute Gasteiger partial charge is 0.462 e. The molecule has 0 spiro atoms. The molecule has 2 heteroatoms. The lowest BCUT2D eigenvalue weighted by Crippen LogP contribution is -2.10. The van der Waals surface area contributed by atoms with E-state index >= 15 is 0 Å². The van der Waals surface area contributed by atoms with Crippen molar-refractivity contribution in [3.63, 3.8) is 0 Å². The molecule has 0 radical (unpaired) electrons. The molecule has 2 nitrogen and oxygen atoms in total.